The van der Waals surface area contributed by atoms with Crippen molar-refractivity contribution in [3.63, 3.8) is 0 Å². The molecule has 0 aliphatic carbocycles. The number of nitrogens with zero attached hydrogens (tertiary/aromatic N) is 3. The zero-order valence-electron chi connectivity index (χ0n) is 21.9. The fourth-order valence-corrected chi connectivity index (χ4v) is 5.26. The first kappa shape index (κ1) is 34.3. The van der Waals surface area contributed by atoms with Crippen molar-refractivity contribution in [3.8, 4) is 0 Å². The van der Waals surface area contributed by atoms with Crippen LogP contribution in [0.4, 0.5) is 0 Å². The standard InChI is InChI=1S/C22H42N3O13P/c1-2-3-4-5-6-7-8-9-10-34-39(32,33)38-21-15(24-25-23)17(29)20(14(12-27)36-21)37-22-19(31)18(30)16(28)13(11-26)35-22/h13-22,26-31H,2-12H2,1H3,(H,32,33)/t13-,14-,15+,16+,17-,18+,19-,20-,21-,22+/m1/s1. The Bertz CT molecular complexity index is 805. The van der Waals surface area contributed by atoms with Crippen LogP contribution < -0.4 is 0 Å². The molecule has 2 rings (SSSR count). The van der Waals surface area contributed by atoms with Crippen molar-refractivity contribution in [3.05, 3.63) is 10.4 Å². The molecule has 2 fully saturated rings. The molecule has 0 radical (unpaired) electrons. The molecule has 0 saturated carbocycles. The highest BCUT2D eigenvalue weighted by Gasteiger charge is 2.52. The van der Waals surface area contributed by atoms with Crippen LogP contribution in [0.15, 0.2) is 5.11 Å². The third kappa shape index (κ3) is 10.1. The predicted molar refractivity (Wildman–Crippen MR) is 133 cm³/mol. The number of phosphoric acid groups is 1. The van der Waals surface area contributed by atoms with E-state index in [1.165, 1.54) is 12.8 Å². The van der Waals surface area contributed by atoms with Crippen LogP contribution in [0.5, 0.6) is 0 Å². The van der Waals surface area contributed by atoms with Gasteiger partial charge >= 0.3 is 7.82 Å². The fourth-order valence-electron chi connectivity index (χ4n) is 4.40. The smallest absolute Gasteiger partial charge is 0.394 e. The van der Waals surface area contributed by atoms with Crippen molar-refractivity contribution in [1.82, 2.24) is 0 Å². The van der Waals surface area contributed by atoms with Gasteiger partial charge in [0.2, 0.25) is 0 Å². The molecule has 0 aromatic carbocycles. The van der Waals surface area contributed by atoms with Gasteiger partial charge in [0.15, 0.2) is 12.6 Å². The third-order valence-corrected chi connectivity index (χ3v) is 7.62. The quantitative estimate of drug-likeness (QED) is 0.0395. The number of ether oxygens (including phenoxy) is 3. The third-order valence-electron chi connectivity index (χ3n) is 6.63. The molecule has 11 atom stereocenters. The highest BCUT2D eigenvalue weighted by molar-refractivity contribution is 7.47. The second-order valence-corrected chi connectivity index (χ2v) is 11.0. The van der Waals surface area contributed by atoms with E-state index in [0.717, 1.165) is 32.1 Å². The van der Waals surface area contributed by atoms with Crippen molar-refractivity contribution in [2.24, 2.45) is 5.11 Å². The highest BCUT2D eigenvalue weighted by atomic mass is 31.2. The first-order chi connectivity index (χ1) is 18.6. The second-order valence-electron chi connectivity index (χ2n) is 9.59. The minimum absolute atomic E-state index is 0.0868. The molecule has 0 spiro atoms. The van der Waals surface area contributed by atoms with Gasteiger partial charge < -0.3 is 49.7 Å². The number of phosphoric ester groups is 1. The van der Waals surface area contributed by atoms with Crippen molar-refractivity contribution < 1.29 is 63.4 Å². The average Bonchev–Trinajstić information content (AvgIpc) is 2.91. The van der Waals surface area contributed by atoms with Crippen molar-refractivity contribution in [2.75, 3.05) is 19.8 Å². The topological polar surface area (TPSA) is 254 Å². The molecular formula is C22H42N3O13P. The number of aliphatic hydroxyl groups is 6. The molecule has 7 N–H and O–H groups in total. The van der Waals surface area contributed by atoms with Gasteiger partial charge in [0.1, 0.15) is 42.7 Å². The average molecular weight is 588 g/mol. The minimum Gasteiger partial charge on any atom is -0.394 e. The van der Waals surface area contributed by atoms with E-state index in [1.54, 1.807) is 0 Å². The van der Waals surface area contributed by atoms with Crippen LogP contribution >= 0.6 is 7.82 Å². The van der Waals surface area contributed by atoms with Crippen LogP contribution in [0, 0.1) is 0 Å². The van der Waals surface area contributed by atoms with Crippen LogP contribution in [0.1, 0.15) is 58.3 Å². The highest BCUT2D eigenvalue weighted by Crippen LogP contribution is 2.47. The molecule has 2 aliphatic rings. The fraction of sp³-hybridized carbons (Fsp3) is 1.00. The molecule has 17 heteroatoms. The monoisotopic (exact) mass is 587 g/mol. The largest absolute Gasteiger partial charge is 0.474 e. The molecule has 2 aliphatic heterocycles. The summed E-state index contributed by atoms with van der Waals surface area (Å²) in [6.45, 7) is 0.494. The summed E-state index contributed by atoms with van der Waals surface area (Å²) in [5, 5.41) is 63.6. The van der Waals surface area contributed by atoms with E-state index in [0.29, 0.717) is 6.42 Å². The molecule has 2 saturated heterocycles. The zero-order chi connectivity index (χ0) is 29.0. The van der Waals surface area contributed by atoms with Crippen molar-refractivity contribution in [2.45, 2.75) is 120 Å². The van der Waals surface area contributed by atoms with Crippen molar-refractivity contribution >= 4 is 7.82 Å². The van der Waals surface area contributed by atoms with Crippen LogP contribution in [-0.4, -0.2) is 117 Å². The van der Waals surface area contributed by atoms with Crippen LogP contribution in [0.2, 0.25) is 0 Å². The van der Waals surface area contributed by atoms with Crippen LogP contribution in [0.25, 0.3) is 10.4 Å². The number of azide groups is 1. The van der Waals surface area contributed by atoms with Crippen molar-refractivity contribution in [1.29, 1.82) is 0 Å². The molecule has 2 heterocycles. The lowest BCUT2D eigenvalue weighted by molar-refractivity contribution is -0.343. The summed E-state index contributed by atoms with van der Waals surface area (Å²) in [7, 11) is -4.74. The lowest BCUT2D eigenvalue weighted by atomic mass is 9.96. The Morgan fingerprint density at radius 2 is 1.44 bits per heavy atom. The lowest BCUT2D eigenvalue weighted by Crippen LogP contribution is -2.64. The Morgan fingerprint density at radius 3 is 2.03 bits per heavy atom. The number of hydrogen-bond donors (Lipinski definition) is 7. The molecule has 39 heavy (non-hydrogen) atoms. The van der Waals surface area contributed by atoms with E-state index in [2.05, 4.69) is 16.9 Å². The maximum atomic E-state index is 12.5. The first-order valence-electron chi connectivity index (χ1n) is 13.2. The summed E-state index contributed by atoms with van der Waals surface area (Å²) < 4.78 is 38.7. The Kier molecular flexibility index (Phi) is 15.0. The van der Waals surface area contributed by atoms with Gasteiger partial charge in [0.25, 0.3) is 0 Å². The van der Waals surface area contributed by atoms with Gasteiger partial charge in [-0.15, -0.1) is 0 Å². The molecule has 0 amide bonds. The van der Waals surface area contributed by atoms with E-state index >= 15 is 0 Å². The van der Waals surface area contributed by atoms with Gasteiger partial charge in [-0.2, -0.15) is 0 Å². The van der Waals surface area contributed by atoms with Gasteiger partial charge in [-0.3, -0.25) is 9.05 Å². The van der Waals surface area contributed by atoms with E-state index in [1.807, 2.05) is 0 Å². The molecule has 0 aromatic rings. The lowest BCUT2D eigenvalue weighted by Gasteiger charge is -2.46. The van der Waals surface area contributed by atoms with Gasteiger partial charge in [-0.05, 0) is 12.0 Å². The van der Waals surface area contributed by atoms with E-state index < -0.39 is 82.4 Å². The zero-order valence-corrected chi connectivity index (χ0v) is 22.8. The van der Waals surface area contributed by atoms with E-state index in [9.17, 15) is 40.1 Å². The molecule has 0 bridgehead atoms. The van der Waals surface area contributed by atoms with Gasteiger partial charge in [-0.1, -0.05) is 57.0 Å². The summed E-state index contributed by atoms with van der Waals surface area (Å²) in [6.07, 6.45) is -6.99. The van der Waals surface area contributed by atoms with E-state index in [4.69, 9.17) is 28.8 Å². The maximum Gasteiger partial charge on any atom is 0.474 e. The SMILES string of the molecule is CCCCCCCCCCOP(=O)(O)O[C@H]1O[C@H](CO)[C@@H](O[C@@H]2O[C@H](CO)[C@H](O)[C@H](O)[C@H]2O)[C@H](O)[C@@H]1N=[N+]=[N-]. The molecular weight excluding hydrogens is 545 g/mol. The van der Waals surface area contributed by atoms with Crippen LogP contribution in [0.3, 0.4) is 0 Å². The summed E-state index contributed by atoms with van der Waals surface area (Å²) in [5.74, 6) is 0. The normalized spacial score (nSPS) is 36.7. The summed E-state index contributed by atoms with van der Waals surface area (Å²) >= 11 is 0. The van der Waals surface area contributed by atoms with E-state index in [-0.39, 0.29) is 6.61 Å². The molecule has 0 aromatic heterocycles. The number of unbranched alkanes of at least 4 members (excludes halogenated alkanes) is 7. The Hall–Kier alpha value is -0.940. The van der Waals surface area contributed by atoms with Gasteiger partial charge in [-0.25, -0.2) is 4.57 Å². The number of rotatable bonds is 17. The summed E-state index contributed by atoms with van der Waals surface area (Å²) in [6, 6.07) is -1.67. The predicted octanol–water partition coefficient (Wildman–Crippen LogP) is 0.203. The Morgan fingerprint density at radius 1 is 0.846 bits per heavy atom. The summed E-state index contributed by atoms with van der Waals surface area (Å²) in [4.78, 5) is 12.8. The Balaban J connectivity index is 1.98. The number of hydrogen-bond acceptors (Lipinski definition) is 13. The second kappa shape index (κ2) is 17.1. The molecule has 16 nitrogen and oxygen atoms in total. The summed E-state index contributed by atoms with van der Waals surface area (Å²) in [5.41, 5.74) is 8.98. The minimum atomic E-state index is -4.74. The first-order valence-corrected chi connectivity index (χ1v) is 14.7. The maximum absolute atomic E-state index is 12.5. The van der Waals surface area contributed by atoms with Crippen LogP contribution in [-0.2, 0) is 27.8 Å². The Labute approximate surface area is 226 Å². The molecule has 228 valence electrons. The van der Waals surface area contributed by atoms with Gasteiger partial charge in [0, 0.05) is 4.91 Å². The molecule has 1 unspecified atom stereocenters. The van der Waals surface area contributed by atoms with Gasteiger partial charge in [0.05, 0.1) is 25.9 Å². The number of aliphatic hydroxyl groups excluding tert-OH is 6.